The second-order valence-corrected chi connectivity index (χ2v) is 5.14. The molecular weight excluding hydrogens is 328 g/mol. The molecule has 25 heavy (non-hydrogen) atoms. The van der Waals surface area contributed by atoms with Gasteiger partial charge in [-0.1, -0.05) is 0 Å². The summed E-state index contributed by atoms with van der Waals surface area (Å²) in [4.78, 5) is 23.7. The zero-order chi connectivity index (χ0) is 18.4. The Morgan fingerprint density at radius 1 is 1.20 bits per heavy atom. The van der Waals surface area contributed by atoms with E-state index in [4.69, 9.17) is 13.9 Å². The van der Waals surface area contributed by atoms with Gasteiger partial charge in [-0.2, -0.15) is 0 Å². The molecule has 0 spiro atoms. The summed E-state index contributed by atoms with van der Waals surface area (Å²) in [5.41, 5.74) is -0.0170. The van der Waals surface area contributed by atoms with Crippen molar-refractivity contribution in [1.29, 1.82) is 0 Å². The predicted molar refractivity (Wildman–Crippen MR) is 88.9 cm³/mol. The number of carbonyl (C=O) groups excluding carboxylic acids is 1. The van der Waals surface area contributed by atoms with Crippen molar-refractivity contribution in [3.63, 3.8) is 0 Å². The Kier molecular flexibility index (Phi) is 5.84. The van der Waals surface area contributed by atoms with Gasteiger partial charge in [-0.25, -0.2) is 4.79 Å². The highest BCUT2D eigenvalue weighted by molar-refractivity contribution is 6.20. The molecule has 0 amide bonds. The quantitative estimate of drug-likeness (QED) is 0.430. The van der Waals surface area contributed by atoms with Crippen molar-refractivity contribution >= 4 is 17.8 Å². The maximum absolute atomic E-state index is 12.3. The molecule has 0 atom stereocenters. The smallest absolute Gasteiger partial charge is 0.339 e. The lowest BCUT2D eigenvalue weighted by Crippen LogP contribution is -2.12. The lowest BCUT2D eigenvalue weighted by atomic mass is 10.0. The Hall–Kier alpha value is -3.22. The van der Waals surface area contributed by atoms with E-state index in [1.54, 1.807) is 12.1 Å². The number of benzene rings is 1. The SMILES string of the molecule is COc1cc(C=C(C(=O)O)C(=O)CCc2ccco2)cc(OC)c1O. The lowest BCUT2D eigenvalue weighted by Gasteiger charge is -2.10. The van der Waals surface area contributed by atoms with Crippen LogP contribution in [-0.2, 0) is 16.0 Å². The summed E-state index contributed by atoms with van der Waals surface area (Å²) in [7, 11) is 2.71. The van der Waals surface area contributed by atoms with E-state index < -0.39 is 11.8 Å². The van der Waals surface area contributed by atoms with Gasteiger partial charge in [0.05, 0.1) is 20.5 Å². The van der Waals surface area contributed by atoms with Crippen molar-refractivity contribution in [2.45, 2.75) is 12.8 Å². The highest BCUT2D eigenvalue weighted by Crippen LogP contribution is 2.37. The third-order valence-corrected chi connectivity index (χ3v) is 3.52. The number of Topliss-reactive ketones (excluding diaryl/α,β-unsaturated/α-hetero) is 1. The van der Waals surface area contributed by atoms with Gasteiger partial charge in [0, 0.05) is 12.8 Å². The number of hydrogen-bond donors (Lipinski definition) is 2. The first kappa shape index (κ1) is 18.1. The van der Waals surface area contributed by atoms with E-state index in [2.05, 4.69) is 0 Å². The zero-order valence-corrected chi connectivity index (χ0v) is 13.8. The van der Waals surface area contributed by atoms with Crippen LogP contribution in [0.3, 0.4) is 0 Å². The van der Waals surface area contributed by atoms with Gasteiger partial charge in [-0.15, -0.1) is 0 Å². The van der Waals surface area contributed by atoms with Gasteiger partial charge in [0.2, 0.25) is 5.75 Å². The summed E-state index contributed by atoms with van der Waals surface area (Å²) in [6.07, 6.45) is 3.01. The van der Waals surface area contributed by atoms with Crippen LogP contribution in [-0.4, -0.2) is 36.2 Å². The highest BCUT2D eigenvalue weighted by Gasteiger charge is 2.19. The van der Waals surface area contributed by atoms with Crippen molar-refractivity contribution in [2.24, 2.45) is 0 Å². The standard InChI is InChI=1S/C18H18O7/c1-23-15-9-11(10-16(24-2)17(15)20)8-13(18(21)22)14(19)6-5-12-4-3-7-25-12/h3-4,7-10,20H,5-6H2,1-2H3,(H,21,22). The van der Waals surface area contributed by atoms with Crippen molar-refractivity contribution in [1.82, 2.24) is 0 Å². The molecule has 0 saturated heterocycles. The van der Waals surface area contributed by atoms with E-state index in [0.29, 0.717) is 17.7 Å². The molecule has 0 bridgehead atoms. The van der Waals surface area contributed by atoms with E-state index in [0.717, 1.165) is 0 Å². The second kappa shape index (κ2) is 8.05. The topological polar surface area (TPSA) is 106 Å². The Morgan fingerprint density at radius 3 is 2.32 bits per heavy atom. The fraction of sp³-hybridized carbons (Fsp3) is 0.222. The number of carboxylic acids is 1. The summed E-state index contributed by atoms with van der Waals surface area (Å²) in [6, 6.07) is 6.25. The number of phenolic OH excluding ortho intramolecular Hbond substituents is 1. The van der Waals surface area contributed by atoms with E-state index in [9.17, 15) is 19.8 Å². The summed E-state index contributed by atoms with van der Waals surface area (Å²) >= 11 is 0. The monoisotopic (exact) mass is 346 g/mol. The summed E-state index contributed by atoms with van der Waals surface area (Å²) in [6.45, 7) is 0. The van der Waals surface area contributed by atoms with Gasteiger partial charge in [0.15, 0.2) is 17.3 Å². The van der Waals surface area contributed by atoms with Crippen LogP contribution in [0.15, 0.2) is 40.5 Å². The lowest BCUT2D eigenvalue weighted by molar-refractivity contribution is -0.134. The average molecular weight is 346 g/mol. The van der Waals surface area contributed by atoms with E-state index in [1.165, 1.54) is 38.7 Å². The predicted octanol–water partition coefficient (Wildman–Crippen LogP) is 2.67. The number of carboxylic acid groups (broad SMARTS) is 1. The minimum Gasteiger partial charge on any atom is -0.502 e. The minimum absolute atomic E-state index is 0.00198. The number of aryl methyl sites for hydroxylation is 1. The van der Waals surface area contributed by atoms with Crippen LogP contribution in [0, 0.1) is 0 Å². The maximum Gasteiger partial charge on any atom is 0.339 e. The van der Waals surface area contributed by atoms with Gasteiger partial charge < -0.3 is 24.1 Å². The number of aromatic hydroxyl groups is 1. The third-order valence-electron chi connectivity index (χ3n) is 3.52. The number of furan rings is 1. The van der Waals surface area contributed by atoms with E-state index in [-0.39, 0.29) is 29.2 Å². The van der Waals surface area contributed by atoms with Gasteiger partial charge in [0.1, 0.15) is 11.3 Å². The van der Waals surface area contributed by atoms with E-state index >= 15 is 0 Å². The number of hydrogen-bond acceptors (Lipinski definition) is 6. The Labute approximate surface area is 144 Å². The summed E-state index contributed by atoms with van der Waals surface area (Å²) in [5, 5.41) is 19.2. The first-order valence-electron chi connectivity index (χ1n) is 7.41. The molecule has 0 aliphatic carbocycles. The van der Waals surface area contributed by atoms with Gasteiger partial charge >= 0.3 is 5.97 Å². The van der Waals surface area contributed by atoms with Gasteiger partial charge in [-0.05, 0) is 35.9 Å². The molecule has 0 radical (unpaired) electrons. The average Bonchev–Trinajstić information content (AvgIpc) is 3.11. The molecule has 2 N–H and O–H groups in total. The number of methoxy groups -OCH3 is 2. The molecule has 7 heteroatoms. The largest absolute Gasteiger partial charge is 0.502 e. The van der Waals surface area contributed by atoms with Crippen LogP contribution in [0.4, 0.5) is 0 Å². The molecule has 2 rings (SSSR count). The molecule has 1 aromatic heterocycles. The molecule has 0 saturated carbocycles. The normalized spacial score (nSPS) is 11.2. The molecule has 0 fully saturated rings. The molecular formula is C18H18O7. The van der Waals surface area contributed by atoms with Crippen LogP contribution >= 0.6 is 0 Å². The Bertz CT molecular complexity index is 763. The van der Waals surface area contributed by atoms with Crippen LogP contribution in [0.25, 0.3) is 6.08 Å². The van der Waals surface area contributed by atoms with Crippen molar-refractivity contribution in [3.8, 4) is 17.2 Å². The zero-order valence-electron chi connectivity index (χ0n) is 13.8. The fourth-order valence-electron chi connectivity index (χ4n) is 2.25. The van der Waals surface area contributed by atoms with Crippen LogP contribution in [0.5, 0.6) is 17.2 Å². The van der Waals surface area contributed by atoms with Crippen LogP contribution in [0.2, 0.25) is 0 Å². The Morgan fingerprint density at radius 2 is 1.84 bits per heavy atom. The first-order valence-corrected chi connectivity index (χ1v) is 7.41. The molecule has 132 valence electrons. The number of rotatable bonds is 8. The number of ether oxygens (including phenoxy) is 2. The van der Waals surface area contributed by atoms with Crippen molar-refractivity contribution in [2.75, 3.05) is 14.2 Å². The molecule has 2 aromatic rings. The molecule has 1 aromatic carbocycles. The van der Waals surface area contributed by atoms with Crippen molar-refractivity contribution < 1.29 is 33.7 Å². The van der Waals surface area contributed by atoms with Crippen LogP contribution in [0.1, 0.15) is 17.7 Å². The van der Waals surface area contributed by atoms with Gasteiger partial charge in [0.25, 0.3) is 0 Å². The summed E-state index contributed by atoms with van der Waals surface area (Å²) < 4.78 is 15.2. The van der Waals surface area contributed by atoms with Gasteiger partial charge in [-0.3, -0.25) is 4.79 Å². The summed E-state index contributed by atoms with van der Waals surface area (Å²) in [5.74, 6) is -1.25. The molecule has 0 aliphatic heterocycles. The Balaban J connectivity index is 2.29. The molecule has 1 heterocycles. The molecule has 0 unspecified atom stereocenters. The number of phenols is 1. The van der Waals surface area contributed by atoms with E-state index in [1.807, 2.05) is 0 Å². The maximum atomic E-state index is 12.3. The number of aliphatic carboxylic acids is 1. The minimum atomic E-state index is -1.34. The third kappa shape index (κ3) is 4.41. The number of carbonyl (C=O) groups is 2. The van der Waals surface area contributed by atoms with Crippen LogP contribution < -0.4 is 9.47 Å². The first-order chi connectivity index (χ1) is 12.0. The molecule has 7 nitrogen and oxygen atoms in total. The molecule has 0 aliphatic rings. The van der Waals surface area contributed by atoms with Crippen molar-refractivity contribution in [3.05, 3.63) is 47.4 Å². The second-order valence-electron chi connectivity index (χ2n) is 5.14. The highest BCUT2D eigenvalue weighted by atomic mass is 16.5. The fourth-order valence-corrected chi connectivity index (χ4v) is 2.25. The number of ketones is 1.